The quantitative estimate of drug-likeness (QED) is 0.0265. The fourth-order valence-corrected chi connectivity index (χ4v) is 7.81. The Morgan fingerprint density at radius 1 is 0.508 bits per heavy atom. The van der Waals surface area contributed by atoms with E-state index in [-0.39, 0.29) is 32.0 Å². The van der Waals surface area contributed by atoms with Crippen molar-refractivity contribution in [3.63, 3.8) is 0 Å². The van der Waals surface area contributed by atoms with Gasteiger partial charge in [-0.05, 0) is 44.9 Å². The van der Waals surface area contributed by atoms with Crippen LogP contribution in [-0.4, -0.2) is 89.0 Å². The SMILES string of the molecule is CCCCCCC/C=C\C/C=C\CCCCCCCCCCCC(=O)OC(COC(=O)CCCCCCCCCCCCCCCCC)COC1OC(CO)C(O)C(O)C1O. The lowest BCUT2D eigenvalue weighted by molar-refractivity contribution is -0.305. The number of rotatable bonds is 43. The molecule has 6 atom stereocenters. The molecule has 358 valence electrons. The molecule has 0 aromatic rings. The smallest absolute Gasteiger partial charge is 0.306 e. The Morgan fingerprint density at radius 2 is 0.918 bits per heavy atom. The molecule has 1 rings (SSSR count). The molecule has 0 bridgehead atoms. The molecule has 0 aliphatic carbocycles. The van der Waals surface area contributed by atoms with E-state index < -0.39 is 49.4 Å². The number of unbranched alkanes of at least 4 members (excludes halogenated alkanes) is 28. The van der Waals surface area contributed by atoms with Crippen molar-refractivity contribution in [1.29, 1.82) is 0 Å². The molecule has 10 heteroatoms. The van der Waals surface area contributed by atoms with Crippen LogP contribution >= 0.6 is 0 Å². The zero-order valence-corrected chi connectivity index (χ0v) is 39.2. The van der Waals surface area contributed by atoms with Gasteiger partial charge < -0.3 is 39.4 Å². The van der Waals surface area contributed by atoms with Crippen molar-refractivity contribution in [2.24, 2.45) is 0 Å². The minimum Gasteiger partial charge on any atom is -0.462 e. The van der Waals surface area contributed by atoms with Crippen molar-refractivity contribution in [2.45, 2.75) is 269 Å². The first-order valence-corrected chi connectivity index (χ1v) is 25.4. The van der Waals surface area contributed by atoms with Crippen LogP contribution in [-0.2, 0) is 28.5 Å². The highest BCUT2D eigenvalue weighted by atomic mass is 16.7. The zero-order valence-electron chi connectivity index (χ0n) is 39.2. The van der Waals surface area contributed by atoms with E-state index in [1.165, 1.54) is 148 Å². The van der Waals surface area contributed by atoms with Crippen molar-refractivity contribution in [3.8, 4) is 0 Å². The zero-order chi connectivity index (χ0) is 44.4. The molecule has 0 spiro atoms. The highest BCUT2D eigenvalue weighted by molar-refractivity contribution is 5.70. The second-order valence-corrected chi connectivity index (χ2v) is 17.6. The van der Waals surface area contributed by atoms with Gasteiger partial charge in [0.15, 0.2) is 12.4 Å². The third-order valence-electron chi connectivity index (χ3n) is 11.8. The van der Waals surface area contributed by atoms with E-state index in [0.717, 1.165) is 51.4 Å². The van der Waals surface area contributed by atoms with Gasteiger partial charge in [-0.15, -0.1) is 0 Å². The van der Waals surface area contributed by atoms with Gasteiger partial charge in [0.2, 0.25) is 0 Å². The maximum atomic E-state index is 12.8. The standard InChI is InChI=1S/C51H94O10/c1-3-5-7-9-11-13-15-17-19-20-21-22-23-24-26-28-30-32-34-36-38-40-47(54)60-44(43-59-51-50(57)49(56)48(55)45(41-52)61-51)42-58-46(53)39-37-35-33-31-29-27-25-18-16-14-12-10-8-6-4-2/h15,17,20-21,44-45,48-52,55-57H,3-14,16,18-19,22-43H2,1-2H3/b17-15-,21-20-. The Balaban J connectivity index is 2.26. The van der Waals surface area contributed by atoms with Crippen molar-refractivity contribution >= 4 is 11.9 Å². The van der Waals surface area contributed by atoms with Gasteiger partial charge in [0.25, 0.3) is 0 Å². The Morgan fingerprint density at radius 3 is 1.36 bits per heavy atom. The number of hydrogen-bond donors (Lipinski definition) is 4. The summed E-state index contributed by atoms with van der Waals surface area (Å²) in [5, 5.41) is 40.2. The van der Waals surface area contributed by atoms with Crippen LogP contribution < -0.4 is 0 Å². The molecule has 0 amide bonds. The normalized spacial score (nSPS) is 19.9. The molecule has 1 aliphatic heterocycles. The molecular weight excluding hydrogens is 773 g/mol. The molecule has 0 aromatic carbocycles. The van der Waals surface area contributed by atoms with E-state index in [2.05, 4.69) is 38.2 Å². The van der Waals surface area contributed by atoms with Crippen LogP contribution in [0.3, 0.4) is 0 Å². The first kappa shape index (κ1) is 57.2. The first-order valence-electron chi connectivity index (χ1n) is 25.4. The predicted molar refractivity (Wildman–Crippen MR) is 247 cm³/mol. The minimum atomic E-state index is -1.59. The van der Waals surface area contributed by atoms with Crippen LogP contribution in [0.5, 0.6) is 0 Å². The summed E-state index contributed by atoms with van der Waals surface area (Å²) in [7, 11) is 0. The van der Waals surface area contributed by atoms with E-state index in [1.54, 1.807) is 0 Å². The average Bonchev–Trinajstić information content (AvgIpc) is 3.26. The number of aliphatic hydroxyl groups is 4. The molecule has 1 aliphatic rings. The predicted octanol–water partition coefficient (Wildman–Crippen LogP) is 11.7. The Labute approximate surface area is 373 Å². The van der Waals surface area contributed by atoms with Gasteiger partial charge in [0.1, 0.15) is 31.0 Å². The van der Waals surface area contributed by atoms with Crippen LogP contribution in [0, 0.1) is 0 Å². The van der Waals surface area contributed by atoms with Gasteiger partial charge in [-0.2, -0.15) is 0 Å². The summed E-state index contributed by atoms with van der Waals surface area (Å²) in [6, 6.07) is 0. The maximum Gasteiger partial charge on any atom is 0.306 e. The number of carbonyl (C=O) groups is 2. The lowest BCUT2D eigenvalue weighted by Gasteiger charge is -2.39. The second kappa shape index (κ2) is 42.1. The van der Waals surface area contributed by atoms with Crippen LogP contribution in [0.4, 0.5) is 0 Å². The van der Waals surface area contributed by atoms with Gasteiger partial charge >= 0.3 is 11.9 Å². The van der Waals surface area contributed by atoms with Crippen LogP contribution in [0.2, 0.25) is 0 Å². The van der Waals surface area contributed by atoms with Crippen LogP contribution in [0.15, 0.2) is 24.3 Å². The Bertz CT molecular complexity index is 1050. The largest absolute Gasteiger partial charge is 0.462 e. The average molecular weight is 867 g/mol. The summed E-state index contributed by atoms with van der Waals surface area (Å²) in [5.74, 6) is -0.800. The summed E-state index contributed by atoms with van der Waals surface area (Å²) in [5.41, 5.74) is 0. The van der Waals surface area contributed by atoms with Crippen LogP contribution in [0.25, 0.3) is 0 Å². The molecule has 10 nitrogen and oxygen atoms in total. The Hall–Kier alpha value is -1.82. The number of allylic oxidation sites excluding steroid dienone is 4. The molecule has 1 saturated heterocycles. The molecule has 4 N–H and O–H groups in total. The molecule has 0 aromatic heterocycles. The summed E-state index contributed by atoms with van der Waals surface area (Å²) >= 11 is 0. The number of ether oxygens (including phenoxy) is 4. The Kier molecular flexibility index (Phi) is 39.5. The van der Waals surface area contributed by atoms with E-state index in [0.29, 0.717) is 6.42 Å². The number of esters is 2. The summed E-state index contributed by atoms with van der Waals surface area (Å²) in [4.78, 5) is 25.4. The fraction of sp³-hybridized carbons (Fsp3) is 0.882. The van der Waals surface area contributed by atoms with Crippen molar-refractivity contribution in [2.75, 3.05) is 19.8 Å². The lowest BCUT2D eigenvalue weighted by atomic mass is 9.99. The molecule has 1 fully saturated rings. The summed E-state index contributed by atoms with van der Waals surface area (Å²) in [6.45, 7) is 3.44. The minimum absolute atomic E-state index is 0.215. The summed E-state index contributed by atoms with van der Waals surface area (Å²) in [6.07, 6.45) is 40.4. The summed E-state index contributed by atoms with van der Waals surface area (Å²) < 4.78 is 22.2. The van der Waals surface area contributed by atoms with E-state index in [9.17, 15) is 30.0 Å². The van der Waals surface area contributed by atoms with Gasteiger partial charge in [-0.1, -0.05) is 199 Å². The van der Waals surface area contributed by atoms with Gasteiger partial charge in [-0.3, -0.25) is 9.59 Å². The van der Waals surface area contributed by atoms with Gasteiger partial charge in [0.05, 0.1) is 13.2 Å². The monoisotopic (exact) mass is 867 g/mol. The van der Waals surface area contributed by atoms with Gasteiger partial charge in [0, 0.05) is 12.8 Å². The van der Waals surface area contributed by atoms with Crippen molar-refractivity contribution in [1.82, 2.24) is 0 Å². The lowest BCUT2D eigenvalue weighted by Crippen LogP contribution is -2.59. The van der Waals surface area contributed by atoms with Crippen molar-refractivity contribution in [3.05, 3.63) is 24.3 Å². The third-order valence-corrected chi connectivity index (χ3v) is 11.8. The maximum absolute atomic E-state index is 12.8. The fourth-order valence-electron chi connectivity index (χ4n) is 7.81. The molecule has 1 heterocycles. The molecular formula is C51H94O10. The molecule has 6 unspecified atom stereocenters. The topological polar surface area (TPSA) is 152 Å². The van der Waals surface area contributed by atoms with E-state index >= 15 is 0 Å². The highest BCUT2D eigenvalue weighted by Crippen LogP contribution is 2.23. The van der Waals surface area contributed by atoms with E-state index in [4.69, 9.17) is 18.9 Å². The highest BCUT2D eigenvalue weighted by Gasteiger charge is 2.44. The molecule has 61 heavy (non-hydrogen) atoms. The number of carbonyl (C=O) groups excluding carboxylic acids is 2. The second-order valence-electron chi connectivity index (χ2n) is 17.6. The number of aliphatic hydroxyl groups excluding tert-OH is 4. The number of hydrogen-bond acceptors (Lipinski definition) is 10. The van der Waals surface area contributed by atoms with Crippen LogP contribution in [0.1, 0.15) is 232 Å². The molecule has 0 saturated carbocycles. The van der Waals surface area contributed by atoms with Gasteiger partial charge in [-0.25, -0.2) is 0 Å². The van der Waals surface area contributed by atoms with Crippen molar-refractivity contribution < 1.29 is 49.0 Å². The first-order chi connectivity index (χ1) is 29.8. The molecule has 0 radical (unpaired) electrons. The third kappa shape index (κ3) is 33.4. The van der Waals surface area contributed by atoms with E-state index in [1.807, 2.05) is 0 Å².